The van der Waals surface area contributed by atoms with Gasteiger partial charge in [-0.25, -0.2) is 0 Å². The minimum atomic E-state index is 0.359. The number of aryl methyl sites for hydroxylation is 5. The molecule has 0 fully saturated rings. The minimum absolute atomic E-state index is 0.359. The zero-order valence-electron chi connectivity index (χ0n) is 22.1. The van der Waals surface area contributed by atoms with E-state index in [1.807, 2.05) is 0 Å². The molecule has 4 aliphatic carbocycles. The Bertz CT molecular complexity index is 1670. The van der Waals surface area contributed by atoms with Gasteiger partial charge in [-0.15, -0.1) is 0 Å². The number of hydrogen-bond donors (Lipinski definition) is 0. The Kier molecular flexibility index (Phi) is 5.02. The van der Waals surface area contributed by atoms with Gasteiger partial charge in [-0.2, -0.15) is 0 Å². The van der Waals surface area contributed by atoms with Gasteiger partial charge < -0.3 is 0 Å². The number of benzene rings is 5. The first kappa shape index (κ1) is 22.2. The zero-order chi connectivity index (χ0) is 25.2. The summed E-state index contributed by atoms with van der Waals surface area (Å²) in [6.45, 7) is 2.64. The van der Waals surface area contributed by atoms with Gasteiger partial charge >= 0.3 is 0 Å². The second-order valence-corrected chi connectivity index (χ2v) is 11.6. The molecule has 6 aliphatic rings. The van der Waals surface area contributed by atoms with Gasteiger partial charge in [0.1, 0.15) is 0 Å². The van der Waals surface area contributed by atoms with E-state index in [4.69, 9.17) is 0 Å². The molecule has 2 heterocycles. The summed E-state index contributed by atoms with van der Waals surface area (Å²) < 4.78 is 0. The first-order chi connectivity index (χ1) is 18.7. The molecule has 0 radical (unpaired) electrons. The molecule has 0 atom stereocenters. The molecule has 5 aromatic carbocycles. The zero-order valence-corrected chi connectivity index (χ0v) is 22.1. The van der Waals surface area contributed by atoms with Crippen molar-refractivity contribution in [2.24, 2.45) is 0 Å². The number of rotatable bonds is 1. The van der Waals surface area contributed by atoms with Crippen molar-refractivity contribution in [3.8, 4) is 11.1 Å². The fraction of sp³-hybridized carbons (Fsp3) is 0.189. The van der Waals surface area contributed by atoms with E-state index < -0.39 is 0 Å². The fourth-order valence-corrected chi connectivity index (χ4v) is 7.46. The molecule has 2 aliphatic heterocycles. The summed E-state index contributed by atoms with van der Waals surface area (Å²) in [7, 11) is 0. The van der Waals surface area contributed by atoms with Crippen LogP contribution in [0.5, 0.6) is 0 Å². The molecule has 0 saturated carbocycles. The van der Waals surface area contributed by atoms with E-state index in [-0.39, 0.29) is 0 Å². The Morgan fingerprint density at radius 1 is 0.500 bits per heavy atom. The van der Waals surface area contributed by atoms with Crippen LogP contribution in [0.3, 0.4) is 0 Å². The molecular weight excluding hydrogens is 455 g/mol. The van der Waals surface area contributed by atoms with Gasteiger partial charge in [-0.3, -0.25) is 0 Å². The van der Waals surface area contributed by atoms with E-state index in [1.165, 1.54) is 72.1 Å². The first-order valence-corrected chi connectivity index (χ1v) is 14.2. The number of hydrogen-bond acceptors (Lipinski definition) is 0. The third kappa shape index (κ3) is 3.52. The fourth-order valence-electron chi connectivity index (χ4n) is 7.46. The molecule has 0 aromatic heterocycles. The molecule has 0 amide bonds. The van der Waals surface area contributed by atoms with E-state index >= 15 is 0 Å². The molecule has 0 nitrogen and oxygen atoms in total. The summed E-state index contributed by atoms with van der Waals surface area (Å²) in [5.74, 6) is 0. The average molecular weight is 486 g/mol. The van der Waals surface area contributed by atoms with E-state index in [0.717, 1.165) is 38.5 Å². The van der Waals surface area contributed by atoms with Crippen LogP contribution < -0.4 is 16.4 Å². The van der Waals surface area contributed by atoms with Crippen LogP contribution in [0.4, 0.5) is 0 Å². The molecule has 5 aromatic rings. The van der Waals surface area contributed by atoms with Crippen molar-refractivity contribution in [3.63, 3.8) is 0 Å². The molecule has 4 bridgehead atoms. The van der Waals surface area contributed by atoms with Crippen LogP contribution in [-0.2, 0) is 38.5 Å². The van der Waals surface area contributed by atoms with Crippen molar-refractivity contribution in [1.29, 1.82) is 0 Å². The van der Waals surface area contributed by atoms with Gasteiger partial charge in [0.15, 0.2) is 0 Å². The van der Waals surface area contributed by atoms with Gasteiger partial charge in [-0.1, -0.05) is 113 Å². The SMILES string of the molecule is Cc1cc2ccc1CCc1ccc(cc1-c1cc3c4c(c1)Cc1ccccc1B4c1ccccc1C3)CC2. The molecule has 0 unspecified atom stereocenters. The summed E-state index contributed by atoms with van der Waals surface area (Å²) in [5.41, 5.74) is 20.8. The standard InChI is InChI=1S/C37H31B/c1-24-18-25-10-11-26-13-15-28(17-16-27(24)14-12-25)34(19-26)31-22-32-20-29-6-2-4-8-35(29)38-36-9-5-3-7-30(36)21-33(23-31)37(32)38/h2-9,12-15,18-19,22-23H,10-11,16-17,20-21H2,1H3. The van der Waals surface area contributed by atoms with Crippen molar-refractivity contribution >= 4 is 23.1 Å². The maximum Gasteiger partial charge on any atom is 0.242 e. The topological polar surface area (TPSA) is 0 Å². The Labute approximate surface area is 226 Å². The largest absolute Gasteiger partial charge is 0.242 e. The Balaban J connectivity index is 1.29. The lowest BCUT2D eigenvalue weighted by atomic mass is 9.30. The predicted molar refractivity (Wildman–Crippen MR) is 161 cm³/mol. The highest BCUT2D eigenvalue weighted by atomic mass is 14.3. The highest BCUT2D eigenvalue weighted by molar-refractivity contribution is 6.97. The van der Waals surface area contributed by atoms with Crippen LogP contribution >= 0.6 is 0 Å². The summed E-state index contributed by atoms with van der Waals surface area (Å²) in [4.78, 5) is 0. The molecule has 182 valence electrons. The highest BCUT2D eigenvalue weighted by Crippen LogP contribution is 2.33. The van der Waals surface area contributed by atoms with Crippen molar-refractivity contribution in [2.75, 3.05) is 0 Å². The van der Waals surface area contributed by atoms with E-state index in [0.29, 0.717) is 6.71 Å². The summed E-state index contributed by atoms with van der Waals surface area (Å²) in [5, 5.41) is 0. The maximum absolute atomic E-state index is 2.54. The van der Waals surface area contributed by atoms with E-state index in [9.17, 15) is 0 Å². The predicted octanol–water partition coefficient (Wildman–Crippen LogP) is 5.87. The van der Waals surface area contributed by atoms with Crippen molar-refractivity contribution in [2.45, 2.75) is 45.4 Å². The summed E-state index contributed by atoms with van der Waals surface area (Å²) in [6, 6.07) is 37.8. The van der Waals surface area contributed by atoms with Gasteiger partial charge in [0.25, 0.3) is 0 Å². The Morgan fingerprint density at radius 2 is 1.08 bits per heavy atom. The second kappa shape index (κ2) is 8.60. The van der Waals surface area contributed by atoms with Crippen LogP contribution in [-0.4, -0.2) is 6.71 Å². The van der Waals surface area contributed by atoms with Crippen LogP contribution in [0.25, 0.3) is 11.1 Å². The lowest BCUT2D eigenvalue weighted by Crippen LogP contribution is -2.61. The lowest BCUT2D eigenvalue weighted by Gasteiger charge is -2.34. The quantitative estimate of drug-likeness (QED) is 0.255. The Morgan fingerprint density at radius 3 is 1.74 bits per heavy atom. The third-order valence-corrected chi connectivity index (χ3v) is 9.39. The van der Waals surface area contributed by atoms with Crippen LogP contribution in [0, 0.1) is 6.92 Å². The maximum atomic E-state index is 2.54. The van der Waals surface area contributed by atoms with Gasteiger partial charge in [-0.05, 0) is 107 Å². The Hall–Kier alpha value is -3.84. The molecule has 11 rings (SSSR count). The molecule has 0 saturated heterocycles. The van der Waals surface area contributed by atoms with Crippen molar-refractivity contribution in [1.82, 2.24) is 0 Å². The monoisotopic (exact) mass is 486 g/mol. The van der Waals surface area contributed by atoms with Gasteiger partial charge in [0.2, 0.25) is 6.71 Å². The molecule has 38 heavy (non-hydrogen) atoms. The highest BCUT2D eigenvalue weighted by Gasteiger charge is 2.36. The van der Waals surface area contributed by atoms with E-state index in [2.05, 4.69) is 104 Å². The molecule has 0 spiro atoms. The van der Waals surface area contributed by atoms with Crippen LogP contribution in [0.15, 0.2) is 97.1 Å². The van der Waals surface area contributed by atoms with Gasteiger partial charge in [0.05, 0.1) is 0 Å². The number of fused-ring (bicyclic) bond motifs is 4. The summed E-state index contributed by atoms with van der Waals surface area (Å²) in [6.07, 6.45) is 6.43. The van der Waals surface area contributed by atoms with Gasteiger partial charge in [0, 0.05) is 0 Å². The lowest BCUT2D eigenvalue weighted by molar-refractivity contribution is 0.914. The molecule has 1 heteroatoms. The van der Waals surface area contributed by atoms with Crippen LogP contribution in [0.1, 0.15) is 50.1 Å². The van der Waals surface area contributed by atoms with Crippen LogP contribution in [0.2, 0.25) is 0 Å². The smallest absolute Gasteiger partial charge is 0.0667 e. The third-order valence-electron chi connectivity index (χ3n) is 9.39. The summed E-state index contributed by atoms with van der Waals surface area (Å²) >= 11 is 0. The molecular formula is C37H31B. The minimum Gasteiger partial charge on any atom is -0.0667 e. The second-order valence-electron chi connectivity index (χ2n) is 11.6. The normalized spacial score (nSPS) is 14.8. The first-order valence-electron chi connectivity index (χ1n) is 14.2. The average Bonchev–Trinajstić information content (AvgIpc) is 2.94. The van der Waals surface area contributed by atoms with Crippen molar-refractivity contribution < 1.29 is 0 Å². The van der Waals surface area contributed by atoms with Crippen molar-refractivity contribution in [3.05, 3.63) is 147 Å². The van der Waals surface area contributed by atoms with E-state index in [1.54, 1.807) is 5.46 Å². The molecule has 0 N–H and O–H groups in total.